The zero-order chi connectivity index (χ0) is 13.0. The molecule has 2 atom stereocenters. The molecule has 0 radical (unpaired) electrons. The Hall–Kier alpha value is -1.04. The van der Waals surface area contributed by atoms with Crippen molar-refractivity contribution in [3.8, 4) is 5.75 Å². The van der Waals surface area contributed by atoms with Gasteiger partial charge in [0, 0.05) is 10.6 Å². The van der Waals surface area contributed by atoms with Gasteiger partial charge >= 0.3 is 5.97 Å². The number of aromatic hydroxyl groups is 1. The fourth-order valence-corrected chi connectivity index (χ4v) is 1.50. The van der Waals surface area contributed by atoms with Crippen molar-refractivity contribution < 1.29 is 19.0 Å². The van der Waals surface area contributed by atoms with Crippen LogP contribution in [0.15, 0.2) is 18.2 Å². The van der Waals surface area contributed by atoms with Crippen LogP contribution in [0.5, 0.6) is 5.75 Å². The quantitative estimate of drug-likeness (QED) is 0.837. The molecule has 0 saturated heterocycles. The third kappa shape index (κ3) is 4.01. The first-order valence-corrected chi connectivity index (χ1v) is 5.39. The van der Waals surface area contributed by atoms with Crippen molar-refractivity contribution in [2.24, 2.45) is 5.73 Å². The van der Waals surface area contributed by atoms with E-state index in [1.54, 1.807) is 6.92 Å². The van der Waals surface area contributed by atoms with Gasteiger partial charge in [0.2, 0.25) is 6.17 Å². The topological polar surface area (TPSA) is 72.5 Å². The summed E-state index contributed by atoms with van der Waals surface area (Å²) in [5, 5.41) is 9.80. The Morgan fingerprint density at radius 3 is 2.78 bits per heavy atom. The summed E-state index contributed by atoms with van der Waals surface area (Å²) >= 11 is 5.70. The van der Waals surface area contributed by atoms with Gasteiger partial charge < -0.3 is 15.6 Å². The Bertz CT molecular complexity index is 417. The Morgan fingerprint density at radius 2 is 2.22 bits per heavy atom. The Morgan fingerprint density at radius 1 is 1.61 bits per heavy atom. The average Bonchev–Trinajstić information content (AvgIpc) is 2.30. The monoisotopic (exact) mass is 297 g/mol. The molecule has 1 unspecified atom stereocenters. The van der Waals surface area contributed by atoms with E-state index in [4.69, 9.17) is 17.3 Å². The summed E-state index contributed by atoms with van der Waals surface area (Å²) in [7, 11) is 0. The molecule has 1 aromatic rings. The van der Waals surface area contributed by atoms with Crippen LogP contribution in [0, 0.1) is 0 Å². The number of esters is 1. The zero-order valence-corrected chi connectivity index (χ0v) is 11.2. The number of ether oxygens (including phenoxy) is 1. The van der Waals surface area contributed by atoms with Crippen molar-refractivity contribution in [3.05, 3.63) is 28.8 Å². The van der Waals surface area contributed by atoms with E-state index in [9.17, 15) is 14.3 Å². The van der Waals surface area contributed by atoms with Crippen LogP contribution < -0.4 is 5.73 Å². The van der Waals surface area contributed by atoms with E-state index in [-0.39, 0.29) is 30.3 Å². The van der Waals surface area contributed by atoms with Gasteiger partial charge in [-0.2, -0.15) is 0 Å². The lowest BCUT2D eigenvalue weighted by Gasteiger charge is -2.17. The van der Waals surface area contributed by atoms with Gasteiger partial charge in [0.25, 0.3) is 0 Å². The standard InChI is InChI=1S/C11H13ClFNO3.ClH/c1-2-17-11(16)9(13)10(14)7-5-6(12)3-4-8(7)15;/h3-5,9-10,15H,2,14H2,1H3;1H/t9?,10-;/m0./s1. The average molecular weight is 298 g/mol. The molecule has 1 aromatic carbocycles. The number of halogens is 3. The Kier molecular flexibility index (Phi) is 6.98. The summed E-state index contributed by atoms with van der Waals surface area (Å²) in [6.45, 7) is 1.63. The smallest absolute Gasteiger partial charge is 0.342 e. The number of nitrogens with two attached hydrogens (primary N) is 1. The predicted octanol–water partition coefficient (Wildman–Crippen LogP) is 2.37. The Balaban J connectivity index is 0.00000289. The minimum atomic E-state index is -2.04. The van der Waals surface area contributed by atoms with Crippen molar-refractivity contribution >= 4 is 30.0 Å². The lowest BCUT2D eigenvalue weighted by Crippen LogP contribution is -2.31. The van der Waals surface area contributed by atoms with E-state index < -0.39 is 18.2 Å². The summed E-state index contributed by atoms with van der Waals surface area (Å²) in [4.78, 5) is 11.2. The highest BCUT2D eigenvalue weighted by Gasteiger charge is 2.29. The maximum Gasteiger partial charge on any atom is 0.342 e. The van der Waals surface area contributed by atoms with Crippen LogP contribution in [-0.4, -0.2) is 23.9 Å². The molecule has 0 aliphatic rings. The SMILES string of the molecule is CCOC(=O)C(F)[C@@H](N)c1cc(Cl)ccc1O.Cl. The molecule has 1 rings (SSSR count). The van der Waals surface area contributed by atoms with Crippen LogP contribution >= 0.6 is 24.0 Å². The van der Waals surface area contributed by atoms with Crippen molar-refractivity contribution in [2.75, 3.05) is 6.61 Å². The number of carbonyl (C=O) groups is 1. The third-order valence-corrected chi connectivity index (χ3v) is 2.41. The van der Waals surface area contributed by atoms with Crippen LogP contribution in [0.4, 0.5) is 4.39 Å². The minimum absolute atomic E-state index is 0. The van der Waals surface area contributed by atoms with Crippen LogP contribution in [0.1, 0.15) is 18.5 Å². The van der Waals surface area contributed by atoms with Gasteiger partial charge in [-0.25, -0.2) is 9.18 Å². The first-order valence-electron chi connectivity index (χ1n) is 5.02. The number of rotatable bonds is 4. The highest BCUT2D eigenvalue weighted by Crippen LogP contribution is 2.29. The van der Waals surface area contributed by atoms with Crippen LogP contribution in [-0.2, 0) is 9.53 Å². The zero-order valence-electron chi connectivity index (χ0n) is 9.60. The number of phenols is 1. The van der Waals surface area contributed by atoms with E-state index in [0.717, 1.165) is 0 Å². The van der Waals surface area contributed by atoms with Gasteiger partial charge in [0.15, 0.2) is 0 Å². The third-order valence-electron chi connectivity index (χ3n) is 2.18. The van der Waals surface area contributed by atoms with Crippen molar-refractivity contribution in [1.29, 1.82) is 0 Å². The molecular weight excluding hydrogens is 284 g/mol. The summed E-state index contributed by atoms with van der Waals surface area (Å²) in [6.07, 6.45) is -2.04. The molecule has 0 aliphatic heterocycles. The van der Waals surface area contributed by atoms with Gasteiger partial charge in [-0.15, -0.1) is 12.4 Å². The maximum atomic E-state index is 13.6. The van der Waals surface area contributed by atoms with Crippen LogP contribution in [0.2, 0.25) is 5.02 Å². The minimum Gasteiger partial charge on any atom is -0.508 e. The molecule has 7 heteroatoms. The second kappa shape index (κ2) is 7.41. The molecule has 0 aromatic heterocycles. The molecule has 102 valence electrons. The van der Waals surface area contributed by atoms with Crippen molar-refractivity contribution in [1.82, 2.24) is 0 Å². The summed E-state index contributed by atoms with van der Waals surface area (Å²) in [5.41, 5.74) is 5.61. The van der Waals surface area contributed by atoms with E-state index >= 15 is 0 Å². The van der Waals surface area contributed by atoms with Crippen molar-refractivity contribution in [2.45, 2.75) is 19.1 Å². The molecule has 0 saturated carbocycles. The number of phenolic OH excluding ortho intramolecular Hbond substituents is 1. The molecule has 0 fully saturated rings. The van der Waals surface area contributed by atoms with E-state index in [1.165, 1.54) is 18.2 Å². The van der Waals surface area contributed by atoms with Crippen LogP contribution in [0.25, 0.3) is 0 Å². The Labute approximate surface area is 115 Å². The van der Waals surface area contributed by atoms with Gasteiger partial charge in [-0.05, 0) is 25.1 Å². The van der Waals surface area contributed by atoms with E-state index in [2.05, 4.69) is 4.74 Å². The lowest BCUT2D eigenvalue weighted by molar-refractivity contribution is -0.149. The van der Waals surface area contributed by atoms with Crippen LogP contribution in [0.3, 0.4) is 0 Å². The fourth-order valence-electron chi connectivity index (χ4n) is 1.32. The fraction of sp³-hybridized carbons (Fsp3) is 0.364. The van der Waals surface area contributed by atoms with Gasteiger partial charge in [-0.3, -0.25) is 0 Å². The molecular formula is C11H14Cl2FNO3. The molecule has 0 heterocycles. The normalized spacial score (nSPS) is 13.3. The summed E-state index contributed by atoms with van der Waals surface area (Å²) in [5.74, 6) is -1.27. The number of hydrogen-bond donors (Lipinski definition) is 2. The van der Waals surface area contributed by atoms with Gasteiger partial charge in [0.1, 0.15) is 5.75 Å². The van der Waals surface area contributed by atoms with Crippen molar-refractivity contribution in [3.63, 3.8) is 0 Å². The summed E-state index contributed by atoms with van der Waals surface area (Å²) < 4.78 is 18.1. The van der Waals surface area contributed by atoms with Gasteiger partial charge in [0.05, 0.1) is 12.6 Å². The number of alkyl halides is 1. The van der Waals surface area contributed by atoms with Gasteiger partial charge in [-0.1, -0.05) is 11.6 Å². The largest absolute Gasteiger partial charge is 0.508 e. The second-order valence-corrected chi connectivity index (χ2v) is 3.82. The lowest BCUT2D eigenvalue weighted by atomic mass is 10.0. The molecule has 4 nitrogen and oxygen atoms in total. The highest BCUT2D eigenvalue weighted by atomic mass is 35.5. The maximum absolute atomic E-state index is 13.6. The van der Waals surface area contributed by atoms with E-state index in [1.807, 2.05) is 0 Å². The molecule has 18 heavy (non-hydrogen) atoms. The highest BCUT2D eigenvalue weighted by molar-refractivity contribution is 6.30. The summed E-state index contributed by atoms with van der Waals surface area (Å²) in [6, 6.07) is 2.72. The molecule has 0 spiro atoms. The predicted molar refractivity (Wildman–Crippen MR) is 68.8 cm³/mol. The number of benzene rings is 1. The number of hydrogen-bond acceptors (Lipinski definition) is 4. The molecule has 3 N–H and O–H groups in total. The first kappa shape index (κ1) is 17.0. The molecule has 0 bridgehead atoms. The first-order chi connectivity index (χ1) is 7.97. The molecule has 0 amide bonds. The second-order valence-electron chi connectivity index (χ2n) is 3.38. The number of carbonyl (C=O) groups excluding carboxylic acids is 1. The van der Waals surface area contributed by atoms with E-state index in [0.29, 0.717) is 5.02 Å². The molecule has 0 aliphatic carbocycles.